The number of esters is 1. The highest BCUT2D eigenvalue weighted by Gasteiger charge is 2.53. The third-order valence-corrected chi connectivity index (χ3v) is 7.70. The summed E-state index contributed by atoms with van der Waals surface area (Å²) in [7, 11) is 2.04. The number of carbonyl (C=O) groups excluding carboxylic acids is 1. The van der Waals surface area contributed by atoms with E-state index in [1.807, 2.05) is 56.4 Å². The maximum Gasteiger partial charge on any atom is 0.341 e. The Labute approximate surface area is 228 Å². The second-order valence-electron chi connectivity index (χ2n) is 9.70. The number of aromatic nitrogens is 2. The number of fused-ring (bicyclic) bond motifs is 2. The van der Waals surface area contributed by atoms with Gasteiger partial charge in [-0.25, -0.2) is 4.79 Å². The van der Waals surface area contributed by atoms with Gasteiger partial charge in [-0.15, -0.1) is 0 Å². The largest absolute Gasteiger partial charge is 0.493 e. The van der Waals surface area contributed by atoms with Crippen LogP contribution in [-0.4, -0.2) is 28.7 Å². The van der Waals surface area contributed by atoms with Gasteiger partial charge in [0.15, 0.2) is 0 Å². The molecule has 0 saturated heterocycles. The summed E-state index contributed by atoms with van der Waals surface area (Å²) in [5, 5.41) is 1.01. The van der Waals surface area contributed by atoms with Gasteiger partial charge in [-0.1, -0.05) is 36.4 Å². The molecule has 6 heteroatoms. The van der Waals surface area contributed by atoms with Gasteiger partial charge in [-0.3, -0.25) is 4.98 Å². The molecule has 6 rings (SSSR count). The molecular weight excluding hydrogens is 486 g/mol. The summed E-state index contributed by atoms with van der Waals surface area (Å²) in [6, 6.07) is 28.2. The zero-order valence-corrected chi connectivity index (χ0v) is 22.6. The summed E-state index contributed by atoms with van der Waals surface area (Å²) in [6.07, 6.45) is 1.72. The third-order valence-electron chi connectivity index (χ3n) is 7.70. The van der Waals surface area contributed by atoms with E-state index in [1.54, 1.807) is 18.3 Å². The van der Waals surface area contributed by atoms with Crippen molar-refractivity contribution in [2.45, 2.75) is 26.4 Å². The molecule has 0 saturated carbocycles. The Balaban J connectivity index is 1.66. The molecule has 0 fully saturated rings. The number of benzene rings is 3. The molecule has 3 aromatic carbocycles. The highest BCUT2D eigenvalue weighted by atomic mass is 16.6. The van der Waals surface area contributed by atoms with Crippen molar-refractivity contribution in [3.8, 4) is 5.75 Å². The smallest absolute Gasteiger partial charge is 0.341 e. The minimum Gasteiger partial charge on any atom is -0.493 e. The summed E-state index contributed by atoms with van der Waals surface area (Å²) in [5.74, 6) is 0.263. The lowest BCUT2D eigenvalue weighted by Gasteiger charge is -2.32. The molecule has 0 spiro atoms. The number of pyridine rings is 1. The van der Waals surface area contributed by atoms with E-state index in [1.165, 1.54) is 0 Å². The van der Waals surface area contributed by atoms with Crippen molar-refractivity contribution >= 4 is 28.2 Å². The van der Waals surface area contributed by atoms with Crippen LogP contribution in [0.2, 0.25) is 0 Å². The molecule has 1 unspecified atom stereocenters. The minimum absolute atomic E-state index is 0.392. The molecular formula is C33H31N3O3. The summed E-state index contributed by atoms with van der Waals surface area (Å²) in [6.45, 7) is 7.40. The van der Waals surface area contributed by atoms with Gasteiger partial charge in [0.05, 0.1) is 12.2 Å². The first-order valence-electron chi connectivity index (χ1n) is 13.3. The average molecular weight is 518 g/mol. The maximum atomic E-state index is 13.4. The molecule has 1 aliphatic heterocycles. The summed E-state index contributed by atoms with van der Waals surface area (Å²) in [5.41, 5.74) is 5.56. The quantitative estimate of drug-likeness (QED) is 0.220. The fourth-order valence-corrected chi connectivity index (χ4v) is 5.91. The number of rotatable bonds is 7. The Bertz CT molecular complexity index is 1690. The molecule has 2 aromatic heterocycles. The molecule has 0 bridgehead atoms. The molecule has 0 aliphatic carbocycles. The van der Waals surface area contributed by atoms with Crippen LogP contribution in [0.25, 0.3) is 10.9 Å². The number of para-hydroxylation sites is 2. The summed E-state index contributed by atoms with van der Waals surface area (Å²) < 4.78 is 15.0. The van der Waals surface area contributed by atoms with E-state index in [4.69, 9.17) is 14.5 Å². The molecule has 0 N–H and O–H groups in total. The number of nitrogens with zero attached hydrogens (tertiary/aromatic N) is 3. The first-order chi connectivity index (χ1) is 19.0. The average Bonchev–Trinajstić information content (AvgIpc) is 3.41. The Morgan fingerprint density at radius 2 is 1.72 bits per heavy atom. The van der Waals surface area contributed by atoms with Crippen molar-refractivity contribution in [2.24, 2.45) is 7.05 Å². The van der Waals surface area contributed by atoms with Crippen molar-refractivity contribution < 1.29 is 14.3 Å². The summed E-state index contributed by atoms with van der Waals surface area (Å²) >= 11 is 0. The van der Waals surface area contributed by atoms with E-state index in [-0.39, 0.29) is 0 Å². The van der Waals surface area contributed by atoms with E-state index in [0.717, 1.165) is 45.6 Å². The first-order valence-corrected chi connectivity index (χ1v) is 13.3. The molecule has 1 atom stereocenters. The number of ether oxygens (including phenoxy) is 2. The number of hydrogen-bond donors (Lipinski definition) is 0. The zero-order chi connectivity index (χ0) is 27.1. The van der Waals surface area contributed by atoms with Gasteiger partial charge in [-0.2, -0.15) is 0 Å². The lowest BCUT2D eigenvalue weighted by Crippen LogP contribution is -2.32. The number of aryl methyl sites for hydroxylation is 1. The third kappa shape index (κ3) is 3.70. The van der Waals surface area contributed by atoms with Crippen LogP contribution in [0.4, 0.5) is 11.4 Å². The normalized spacial score (nSPS) is 16.3. The van der Waals surface area contributed by atoms with Crippen molar-refractivity contribution in [1.82, 2.24) is 9.55 Å². The van der Waals surface area contributed by atoms with Crippen LogP contribution in [-0.2, 0) is 17.4 Å². The van der Waals surface area contributed by atoms with Crippen molar-refractivity contribution in [2.75, 3.05) is 18.1 Å². The van der Waals surface area contributed by atoms with Gasteiger partial charge in [0.1, 0.15) is 11.4 Å². The molecule has 1 aliphatic rings. The molecule has 5 aromatic rings. The Morgan fingerprint density at radius 3 is 2.49 bits per heavy atom. The predicted octanol–water partition coefficient (Wildman–Crippen LogP) is 6.90. The second-order valence-corrected chi connectivity index (χ2v) is 9.70. The van der Waals surface area contributed by atoms with E-state index in [9.17, 15) is 4.79 Å². The zero-order valence-electron chi connectivity index (χ0n) is 22.6. The number of hydrogen-bond acceptors (Lipinski definition) is 5. The van der Waals surface area contributed by atoms with Gasteiger partial charge in [0.2, 0.25) is 5.60 Å². The Hall–Kier alpha value is -4.58. The van der Waals surface area contributed by atoms with Crippen LogP contribution in [0, 0.1) is 6.92 Å². The minimum atomic E-state index is -1.27. The standard InChI is InChI=1S/C33H31N3O3/c1-5-36(23-13-8-7-9-14-23)24-18-19-27(29(21-24)38-6-2)33(31-26(32(37)39-33)16-12-20-34-31)30-22(3)35(4)28-17-11-10-15-25(28)30/h7-21H,5-6H2,1-4H3. The topological polar surface area (TPSA) is 56.6 Å². The van der Waals surface area contributed by atoms with Gasteiger partial charge in [0, 0.05) is 65.0 Å². The van der Waals surface area contributed by atoms with Gasteiger partial charge >= 0.3 is 5.97 Å². The molecule has 39 heavy (non-hydrogen) atoms. The number of cyclic esters (lactones) is 1. The van der Waals surface area contributed by atoms with E-state index in [2.05, 4.69) is 53.6 Å². The lowest BCUT2D eigenvalue weighted by molar-refractivity contribution is 0.0238. The van der Waals surface area contributed by atoms with Crippen LogP contribution in [0.1, 0.15) is 46.7 Å². The molecule has 3 heterocycles. The Kier molecular flexibility index (Phi) is 6.10. The van der Waals surface area contributed by atoms with Gasteiger partial charge in [0.25, 0.3) is 0 Å². The fraction of sp³-hybridized carbons (Fsp3) is 0.212. The van der Waals surface area contributed by atoms with Crippen molar-refractivity contribution in [1.29, 1.82) is 0 Å². The second kappa shape index (κ2) is 9.62. The van der Waals surface area contributed by atoms with Crippen LogP contribution in [0.15, 0.2) is 91.1 Å². The number of anilines is 2. The van der Waals surface area contributed by atoms with Crippen LogP contribution in [0.3, 0.4) is 0 Å². The highest BCUT2D eigenvalue weighted by molar-refractivity contribution is 5.98. The van der Waals surface area contributed by atoms with Crippen molar-refractivity contribution in [3.63, 3.8) is 0 Å². The maximum absolute atomic E-state index is 13.4. The van der Waals surface area contributed by atoms with Crippen LogP contribution >= 0.6 is 0 Å². The number of carbonyl (C=O) groups is 1. The van der Waals surface area contributed by atoms with Gasteiger partial charge in [-0.05, 0) is 63.2 Å². The summed E-state index contributed by atoms with van der Waals surface area (Å²) in [4.78, 5) is 20.4. The lowest BCUT2D eigenvalue weighted by atomic mass is 9.80. The van der Waals surface area contributed by atoms with Crippen LogP contribution < -0.4 is 9.64 Å². The molecule has 0 amide bonds. The van der Waals surface area contributed by atoms with Crippen LogP contribution in [0.5, 0.6) is 5.75 Å². The molecule has 0 radical (unpaired) electrons. The van der Waals surface area contributed by atoms with Crippen molar-refractivity contribution in [3.05, 3.63) is 119 Å². The Morgan fingerprint density at radius 1 is 0.949 bits per heavy atom. The molecule has 6 nitrogen and oxygen atoms in total. The SMILES string of the molecule is CCOc1cc(N(CC)c2ccccc2)ccc1C1(c2c(C)n(C)c3ccccc23)OC(=O)c2cccnc21. The van der Waals surface area contributed by atoms with E-state index in [0.29, 0.717) is 23.6 Å². The predicted molar refractivity (Wildman–Crippen MR) is 154 cm³/mol. The first kappa shape index (κ1) is 24.7. The van der Waals surface area contributed by atoms with E-state index < -0.39 is 11.6 Å². The van der Waals surface area contributed by atoms with E-state index >= 15 is 0 Å². The van der Waals surface area contributed by atoms with Gasteiger partial charge < -0.3 is 18.9 Å². The monoisotopic (exact) mass is 517 g/mol. The molecule has 196 valence electrons. The fourth-order valence-electron chi connectivity index (χ4n) is 5.91. The highest BCUT2D eigenvalue weighted by Crippen LogP contribution is 2.52.